The maximum atomic E-state index is 13.1. The molecule has 0 atom stereocenters. The smallest absolute Gasteiger partial charge is 0.339 e. The summed E-state index contributed by atoms with van der Waals surface area (Å²) in [5, 5.41) is 0.362. The quantitative estimate of drug-likeness (QED) is 0.380. The molecular formula is C29H28ClNO4. The van der Waals surface area contributed by atoms with E-state index < -0.39 is 5.97 Å². The van der Waals surface area contributed by atoms with Crippen LogP contribution in [0, 0.1) is 0 Å². The van der Waals surface area contributed by atoms with Gasteiger partial charge >= 0.3 is 5.97 Å². The summed E-state index contributed by atoms with van der Waals surface area (Å²) in [6, 6.07) is 19.5. The first-order valence-electron chi connectivity index (χ1n) is 12.1. The molecule has 3 aromatic carbocycles. The van der Waals surface area contributed by atoms with Crippen molar-refractivity contribution in [2.75, 3.05) is 13.7 Å². The molecule has 0 spiro atoms. The predicted octanol–water partition coefficient (Wildman–Crippen LogP) is 6.31. The van der Waals surface area contributed by atoms with Crippen LogP contribution in [0.15, 0.2) is 60.7 Å². The van der Waals surface area contributed by atoms with Crippen LogP contribution in [0.25, 0.3) is 11.1 Å². The molecule has 1 amide bonds. The zero-order valence-electron chi connectivity index (χ0n) is 19.8. The Labute approximate surface area is 210 Å². The second kappa shape index (κ2) is 10.1. The van der Waals surface area contributed by atoms with Crippen LogP contribution in [0.1, 0.15) is 57.5 Å². The van der Waals surface area contributed by atoms with Gasteiger partial charge in [0.05, 0.1) is 17.7 Å². The normalized spacial score (nSPS) is 15.7. The zero-order valence-corrected chi connectivity index (χ0v) is 20.5. The molecule has 0 saturated heterocycles. The van der Waals surface area contributed by atoms with E-state index in [1.807, 2.05) is 48.5 Å². The number of esters is 1. The van der Waals surface area contributed by atoms with Gasteiger partial charge in [0, 0.05) is 18.2 Å². The standard InChI is InChI=1S/C29H28ClNO4/c1-34-29(33)26-16-22(11-13-27(26)30)20-8-6-19(7-9-20)18-35-24-12-10-21-14-15-31(23-4-2-3-5-23)28(32)25(21)17-24/h6-13,16-17,23H,2-5,14-15,18H2,1H3. The van der Waals surface area contributed by atoms with Crippen molar-refractivity contribution >= 4 is 23.5 Å². The number of ether oxygens (including phenoxy) is 2. The van der Waals surface area contributed by atoms with Gasteiger partial charge in [0.2, 0.25) is 0 Å². The summed E-state index contributed by atoms with van der Waals surface area (Å²) in [4.78, 5) is 27.2. The number of carbonyl (C=O) groups is 2. The minimum Gasteiger partial charge on any atom is -0.489 e. The molecule has 1 aliphatic heterocycles. The topological polar surface area (TPSA) is 55.8 Å². The van der Waals surface area contributed by atoms with Crippen LogP contribution in [-0.4, -0.2) is 36.5 Å². The van der Waals surface area contributed by atoms with Crippen LogP contribution < -0.4 is 4.74 Å². The Balaban J connectivity index is 1.26. The Morgan fingerprint density at radius 1 is 1.00 bits per heavy atom. The van der Waals surface area contributed by atoms with E-state index in [1.165, 1.54) is 20.0 Å². The van der Waals surface area contributed by atoms with Crippen molar-refractivity contribution in [2.24, 2.45) is 0 Å². The van der Waals surface area contributed by atoms with E-state index in [0.29, 0.717) is 29.0 Å². The van der Waals surface area contributed by atoms with Gasteiger partial charge in [-0.15, -0.1) is 0 Å². The summed E-state index contributed by atoms with van der Waals surface area (Å²) in [5.74, 6) is 0.383. The molecule has 1 fully saturated rings. The average molecular weight is 490 g/mol. The highest BCUT2D eigenvalue weighted by Crippen LogP contribution is 2.31. The van der Waals surface area contributed by atoms with Crippen molar-refractivity contribution in [1.29, 1.82) is 0 Å². The number of nitrogens with zero attached hydrogens (tertiary/aromatic N) is 1. The molecule has 1 aliphatic carbocycles. The molecule has 5 nitrogen and oxygen atoms in total. The third-order valence-corrected chi connectivity index (χ3v) is 7.35. The largest absolute Gasteiger partial charge is 0.489 e. The van der Waals surface area contributed by atoms with Gasteiger partial charge in [-0.05, 0) is 65.8 Å². The Hall–Kier alpha value is -3.31. The number of carbonyl (C=O) groups excluding carboxylic acids is 2. The van der Waals surface area contributed by atoms with E-state index in [9.17, 15) is 9.59 Å². The molecule has 0 radical (unpaired) electrons. The maximum Gasteiger partial charge on any atom is 0.339 e. The second-order valence-corrected chi connectivity index (χ2v) is 9.58. The molecule has 180 valence electrons. The third kappa shape index (κ3) is 4.92. The fourth-order valence-electron chi connectivity index (χ4n) is 5.06. The van der Waals surface area contributed by atoms with Gasteiger partial charge in [-0.1, -0.05) is 60.8 Å². The van der Waals surface area contributed by atoms with Gasteiger partial charge in [-0.25, -0.2) is 4.79 Å². The number of methoxy groups -OCH3 is 1. The molecule has 2 aliphatic rings. The van der Waals surface area contributed by atoms with Crippen LogP contribution >= 0.6 is 11.6 Å². The number of fused-ring (bicyclic) bond motifs is 1. The maximum absolute atomic E-state index is 13.1. The van der Waals surface area contributed by atoms with Gasteiger partial charge in [0.25, 0.3) is 5.91 Å². The molecule has 1 heterocycles. The predicted molar refractivity (Wildman–Crippen MR) is 136 cm³/mol. The molecule has 0 N–H and O–H groups in total. The van der Waals surface area contributed by atoms with E-state index in [4.69, 9.17) is 21.1 Å². The highest BCUT2D eigenvalue weighted by molar-refractivity contribution is 6.33. The average Bonchev–Trinajstić information content (AvgIpc) is 3.43. The molecule has 0 aromatic heterocycles. The summed E-state index contributed by atoms with van der Waals surface area (Å²) >= 11 is 6.14. The summed E-state index contributed by atoms with van der Waals surface area (Å²) in [5.41, 5.74) is 5.07. The molecule has 1 saturated carbocycles. The lowest BCUT2D eigenvalue weighted by Crippen LogP contribution is -2.43. The highest BCUT2D eigenvalue weighted by atomic mass is 35.5. The zero-order chi connectivity index (χ0) is 24.4. The van der Waals surface area contributed by atoms with Crippen LogP contribution in [0.3, 0.4) is 0 Å². The molecule has 35 heavy (non-hydrogen) atoms. The van der Waals surface area contributed by atoms with Crippen molar-refractivity contribution in [2.45, 2.75) is 44.8 Å². The fraction of sp³-hybridized carbons (Fsp3) is 0.310. The monoisotopic (exact) mass is 489 g/mol. The summed E-state index contributed by atoms with van der Waals surface area (Å²) in [6.07, 6.45) is 5.57. The fourth-order valence-corrected chi connectivity index (χ4v) is 5.25. The molecule has 6 heteroatoms. The van der Waals surface area contributed by atoms with Gasteiger partial charge in [-0.2, -0.15) is 0 Å². The van der Waals surface area contributed by atoms with Crippen LogP contribution in [0.4, 0.5) is 0 Å². The first-order valence-corrected chi connectivity index (χ1v) is 12.4. The molecule has 0 unspecified atom stereocenters. The van der Waals surface area contributed by atoms with Crippen molar-refractivity contribution < 1.29 is 19.1 Å². The molecule has 0 bridgehead atoms. The highest BCUT2D eigenvalue weighted by Gasteiger charge is 2.31. The first kappa shape index (κ1) is 23.4. The number of amides is 1. The van der Waals surface area contributed by atoms with Crippen molar-refractivity contribution in [3.63, 3.8) is 0 Å². The van der Waals surface area contributed by atoms with E-state index in [2.05, 4.69) is 4.90 Å². The van der Waals surface area contributed by atoms with Crippen LogP contribution in [-0.2, 0) is 17.8 Å². The summed E-state index contributed by atoms with van der Waals surface area (Å²) < 4.78 is 10.9. The number of rotatable bonds is 6. The van der Waals surface area contributed by atoms with Crippen molar-refractivity contribution in [3.05, 3.63) is 87.9 Å². The number of halogens is 1. The summed E-state index contributed by atoms with van der Waals surface area (Å²) in [7, 11) is 1.34. The second-order valence-electron chi connectivity index (χ2n) is 9.18. The van der Waals surface area contributed by atoms with Gasteiger partial charge in [0.15, 0.2) is 0 Å². The van der Waals surface area contributed by atoms with Gasteiger partial charge < -0.3 is 14.4 Å². The SMILES string of the molecule is COC(=O)c1cc(-c2ccc(COc3ccc4c(c3)C(=O)N(C3CCCC3)CC4)cc2)ccc1Cl. The van der Waals surface area contributed by atoms with Gasteiger partial charge in [0.1, 0.15) is 12.4 Å². The third-order valence-electron chi connectivity index (χ3n) is 7.02. The van der Waals surface area contributed by atoms with E-state index in [0.717, 1.165) is 53.6 Å². The number of hydrogen-bond acceptors (Lipinski definition) is 4. The summed E-state index contributed by atoms with van der Waals surface area (Å²) in [6.45, 7) is 1.21. The van der Waals surface area contributed by atoms with Crippen molar-refractivity contribution in [3.8, 4) is 16.9 Å². The van der Waals surface area contributed by atoms with Gasteiger partial charge in [-0.3, -0.25) is 4.79 Å². The lowest BCUT2D eigenvalue weighted by Gasteiger charge is -2.33. The molecular weight excluding hydrogens is 462 g/mol. The Bertz CT molecular complexity index is 1250. The van der Waals surface area contributed by atoms with Crippen LogP contribution in [0.5, 0.6) is 5.75 Å². The lowest BCUT2D eigenvalue weighted by atomic mass is 9.97. The number of hydrogen-bond donors (Lipinski definition) is 0. The van der Waals surface area contributed by atoms with E-state index >= 15 is 0 Å². The Kier molecular flexibility index (Phi) is 6.78. The molecule has 3 aromatic rings. The Morgan fingerprint density at radius 3 is 2.49 bits per heavy atom. The number of benzene rings is 3. The first-order chi connectivity index (χ1) is 17.0. The minimum atomic E-state index is -0.461. The minimum absolute atomic E-state index is 0.141. The molecule has 5 rings (SSSR count). The van der Waals surface area contributed by atoms with Crippen LogP contribution in [0.2, 0.25) is 5.02 Å². The van der Waals surface area contributed by atoms with Crippen molar-refractivity contribution in [1.82, 2.24) is 4.90 Å². The van der Waals surface area contributed by atoms with E-state index in [-0.39, 0.29) is 5.91 Å². The van der Waals surface area contributed by atoms with E-state index in [1.54, 1.807) is 12.1 Å². The lowest BCUT2D eigenvalue weighted by molar-refractivity contribution is 0.0600. The Morgan fingerprint density at radius 2 is 1.74 bits per heavy atom.